The van der Waals surface area contributed by atoms with Gasteiger partial charge in [-0.2, -0.15) is 0 Å². The topological polar surface area (TPSA) is 70.6 Å². The first kappa shape index (κ1) is 21.0. The minimum atomic E-state index is -0.722. The Morgan fingerprint density at radius 2 is 2.07 bits per heavy atom. The van der Waals surface area contributed by atoms with E-state index in [2.05, 4.69) is 41.0 Å². The summed E-state index contributed by atoms with van der Waals surface area (Å²) in [6, 6.07) is 6.28. The zero-order chi connectivity index (χ0) is 20.8. The van der Waals surface area contributed by atoms with E-state index >= 15 is 0 Å². The molecule has 5 heteroatoms. The first-order chi connectivity index (χ1) is 14.7. The Labute approximate surface area is 179 Å². The lowest BCUT2D eigenvalue weighted by molar-refractivity contribution is -0.137. The number of carbonyl (C=O) groups is 1. The Morgan fingerprint density at radius 3 is 2.97 bits per heavy atom. The Kier molecular flexibility index (Phi) is 7.11. The monoisotopic (exact) mass is 410 g/mol. The van der Waals surface area contributed by atoms with Gasteiger partial charge in [-0.1, -0.05) is 37.5 Å². The third-order valence-electron chi connectivity index (χ3n) is 6.55. The van der Waals surface area contributed by atoms with Gasteiger partial charge in [0, 0.05) is 12.1 Å². The molecule has 1 fully saturated rings. The van der Waals surface area contributed by atoms with Gasteiger partial charge in [-0.05, 0) is 73.4 Å². The number of benzene rings is 1. The Balaban J connectivity index is 1.20. The van der Waals surface area contributed by atoms with Crippen molar-refractivity contribution < 1.29 is 14.6 Å². The van der Waals surface area contributed by atoms with Crippen molar-refractivity contribution in [3.63, 3.8) is 0 Å². The predicted molar refractivity (Wildman–Crippen MR) is 119 cm³/mol. The van der Waals surface area contributed by atoms with E-state index in [9.17, 15) is 9.90 Å². The molecule has 2 atom stereocenters. The molecule has 0 bridgehead atoms. The summed E-state index contributed by atoms with van der Waals surface area (Å²) in [5.41, 5.74) is 5.16. The molecule has 0 aromatic heterocycles. The summed E-state index contributed by atoms with van der Waals surface area (Å²) in [5.74, 6) is 0.293. The van der Waals surface area contributed by atoms with E-state index in [1.54, 1.807) is 0 Å². The number of hydrogen-bond acceptors (Lipinski definition) is 4. The van der Waals surface area contributed by atoms with Crippen LogP contribution in [0.25, 0.3) is 0 Å². The number of aliphatic carboxylic acids is 1. The minimum Gasteiger partial charge on any atom is -0.493 e. The second kappa shape index (κ2) is 10.2. The van der Waals surface area contributed by atoms with Gasteiger partial charge in [0.2, 0.25) is 0 Å². The Hall–Kier alpha value is -2.27. The fraction of sp³-hybridized carbons (Fsp3) is 0.560. The van der Waals surface area contributed by atoms with Crippen molar-refractivity contribution in [3.05, 3.63) is 52.7 Å². The van der Waals surface area contributed by atoms with Crippen LogP contribution in [0.15, 0.2) is 41.6 Å². The smallest absolute Gasteiger partial charge is 0.303 e. The zero-order valence-corrected chi connectivity index (χ0v) is 17.8. The fourth-order valence-electron chi connectivity index (χ4n) is 4.83. The molecule has 0 amide bonds. The molecule has 0 saturated carbocycles. The van der Waals surface area contributed by atoms with Crippen LogP contribution in [0.3, 0.4) is 0 Å². The predicted octanol–water partition coefficient (Wildman–Crippen LogP) is 4.64. The van der Waals surface area contributed by atoms with Gasteiger partial charge < -0.3 is 15.2 Å². The highest BCUT2D eigenvalue weighted by Crippen LogP contribution is 2.33. The third kappa shape index (κ3) is 5.45. The standard InChI is InChI=1S/C25H34N2O3/c28-24(29)17-20(21-10-9-18-13-15-30-23(18)16-21)6-3-1-2-4-8-22-12-11-19-7-5-14-26-25(19)27-22/h9-12,16,20,25-27H,1-8,13-15,17H2,(H,28,29)/t20-,25?/m1/s1. The lowest BCUT2D eigenvalue weighted by Crippen LogP contribution is -2.47. The van der Waals surface area contributed by atoms with E-state index < -0.39 is 5.97 Å². The van der Waals surface area contributed by atoms with Gasteiger partial charge in [-0.25, -0.2) is 0 Å². The van der Waals surface area contributed by atoms with Gasteiger partial charge >= 0.3 is 5.97 Å². The van der Waals surface area contributed by atoms with Crippen LogP contribution in [0.1, 0.15) is 74.8 Å². The number of nitrogens with one attached hydrogen (secondary N) is 2. The summed E-state index contributed by atoms with van der Waals surface area (Å²) in [6.45, 7) is 1.83. The number of fused-ring (bicyclic) bond motifs is 2. The van der Waals surface area contributed by atoms with Crippen LogP contribution in [0, 0.1) is 0 Å². The quantitative estimate of drug-likeness (QED) is 0.490. The molecule has 3 aliphatic heterocycles. The summed E-state index contributed by atoms with van der Waals surface area (Å²) in [6.07, 6.45) is 15.0. The number of piperidine rings is 1. The SMILES string of the molecule is O=C(O)C[C@@H](CCCCCCC1=CC=C2CCCNC2N1)c1ccc2c(c1)OCC2. The molecule has 3 heterocycles. The lowest BCUT2D eigenvalue weighted by Gasteiger charge is -2.32. The third-order valence-corrected chi connectivity index (χ3v) is 6.55. The highest BCUT2D eigenvalue weighted by atomic mass is 16.5. The van der Waals surface area contributed by atoms with Crippen molar-refractivity contribution in [1.82, 2.24) is 10.6 Å². The molecular formula is C25H34N2O3. The highest BCUT2D eigenvalue weighted by molar-refractivity contribution is 5.68. The number of rotatable bonds is 10. The molecule has 3 N–H and O–H groups in total. The molecule has 1 aromatic carbocycles. The first-order valence-electron chi connectivity index (χ1n) is 11.6. The number of unbranched alkanes of at least 4 members (excludes halogenated alkanes) is 3. The number of ether oxygens (including phenoxy) is 1. The van der Waals surface area contributed by atoms with Crippen molar-refractivity contribution in [2.24, 2.45) is 0 Å². The molecule has 0 radical (unpaired) electrons. The van der Waals surface area contributed by atoms with Crippen LogP contribution in [0.2, 0.25) is 0 Å². The molecule has 3 aliphatic rings. The largest absolute Gasteiger partial charge is 0.493 e. The van der Waals surface area contributed by atoms with Crippen molar-refractivity contribution in [1.29, 1.82) is 0 Å². The summed E-state index contributed by atoms with van der Waals surface area (Å²) < 4.78 is 5.68. The van der Waals surface area contributed by atoms with Crippen LogP contribution >= 0.6 is 0 Å². The van der Waals surface area contributed by atoms with Crippen molar-refractivity contribution in [2.75, 3.05) is 13.2 Å². The normalized spacial score (nSPS) is 20.9. The zero-order valence-electron chi connectivity index (χ0n) is 17.8. The number of dihydropyridines is 1. The van der Waals surface area contributed by atoms with Gasteiger partial charge in [0.05, 0.1) is 19.2 Å². The molecule has 30 heavy (non-hydrogen) atoms. The average Bonchev–Trinajstić information content (AvgIpc) is 3.23. The molecule has 4 rings (SSSR count). The fourth-order valence-corrected chi connectivity index (χ4v) is 4.83. The van der Waals surface area contributed by atoms with Crippen LogP contribution in [0.4, 0.5) is 0 Å². The molecule has 0 aliphatic carbocycles. The molecule has 1 aromatic rings. The van der Waals surface area contributed by atoms with Crippen LogP contribution in [0.5, 0.6) is 5.75 Å². The van der Waals surface area contributed by atoms with E-state index in [1.807, 2.05) is 0 Å². The average molecular weight is 411 g/mol. The van der Waals surface area contributed by atoms with Gasteiger partial charge in [0.25, 0.3) is 0 Å². The highest BCUT2D eigenvalue weighted by Gasteiger charge is 2.21. The maximum Gasteiger partial charge on any atom is 0.303 e. The summed E-state index contributed by atoms with van der Waals surface area (Å²) >= 11 is 0. The van der Waals surface area contributed by atoms with Crippen LogP contribution in [-0.4, -0.2) is 30.4 Å². The number of allylic oxidation sites excluding steroid dienone is 3. The molecule has 0 spiro atoms. The molecular weight excluding hydrogens is 376 g/mol. The summed E-state index contributed by atoms with van der Waals surface area (Å²) in [7, 11) is 0. The Morgan fingerprint density at radius 1 is 1.17 bits per heavy atom. The van der Waals surface area contributed by atoms with E-state index in [1.165, 1.54) is 42.5 Å². The van der Waals surface area contributed by atoms with E-state index in [-0.39, 0.29) is 12.3 Å². The van der Waals surface area contributed by atoms with E-state index in [0.29, 0.717) is 6.17 Å². The van der Waals surface area contributed by atoms with Crippen LogP contribution in [-0.2, 0) is 11.2 Å². The maximum absolute atomic E-state index is 11.4. The second-order valence-electron chi connectivity index (χ2n) is 8.78. The maximum atomic E-state index is 11.4. The molecule has 5 nitrogen and oxygen atoms in total. The number of hydrogen-bond donors (Lipinski definition) is 3. The van der Waals surface area contributed by atoms with Gasteiger partial charge in [0.15, 0.2) is 0 Å². The number of carboxylic acids is 1. The lowest BCUT2D eigenvalue weighted by atomic mass is 9.89. The molecule has 162 valence electrons. The van der Waals surface area contributed by atoms with Crippen molar-refractivity contribution >= 4 is 5.97 Å². The van der Waals surface area contributed by atoms with Gasteiger partial charge in [-0.3, -0.25) is 10.1 Å². The second-order valence-corrected chi connectivity index (χ2v) is 8.78. The van der Waals surface area contributed by atoms with E-state index in [0.717, 1.165) is 56.6 Å². The van der Waals surface area contributed by atoms with Crippen molar-refractivity contribution in [2.45, 2.75) is 76.3 Å². The summed E-state index contributed by atoms with van der Waals surface area (Å²) in [5, 5.41) is 16.5. The van der Waals surface area contributed by atoms with Crippen molar-refractivity contribution in [3.8, 4) is 5.75 Å². The molecule has 1 saturated heterocycles. The molecule has 1 unspecified atom stereocenters. The van der Waals surface area contributed by atoms with Crippen LogP contribution < -0.4 is 15.4 Å². The van der Waals surface area contributed by atoms with E-state index in [4.69, 9.17) is 4.74 Å². The Bertz CT molecular complexity index is 815. The summed E-state index contributed by atoms with van der Waals surface area (Å²) in [4.78, 5) is 11.4. The van der Waals surface area contributed by atoms with Gasteiger partial charge in [-0.15, -0.1) is 0 Å². The number of carboxylic acid groups (broad SMARTS) is 1. The first-order valence-corrected chi connectivity index (χ1v) is 11.6. The van der Waals surface area contributed by atoms with Gasteiger partial charge in [0.1, 0.15) is 5.75 Å². The minimum absolute atomic E-state index is 0.0700.